The summed E-state index contributed by atoms with van der Waals surface area (Å²) in [6.45, 7) is 0. The van der Waals surface area contributed by atoms with Crippen molar-refractivity contribution in [2.75, 3.05) is 0 Å². The molecule has 2 heterocycles. The van der Waals surface area contributed by atoms with E-state index in [-0.39, 0.29) is 12.0 Å². The molecule has 0 aliphatic heterocycles. The standard InChI is InChI=1S/C18H17N5O3/c19-17(25)16(24)14(9-11-5-2-1-3-6-11)22-18(26)12-10-21-23-15(12)13-7-4-8-20-13/h1-8,10,14,20H,9H2,(H2,19,25)(H,21,23)(H,22,26). The number of benzene rings is 1. The quantitative estimate of drug-likeness (QED) is 0.468. The summed E-state index contributed by atoms with van der Waals surface area (Å²) >= 11 is 0. The molecule has 132 valence electrons. The molecule has 0 bridgehead atoms. The maximum absolute atomic E-state index is 12.7. The van der Waals surface area contributed by atoms with Crippen molar-refractivity contribution in [1.29, 1.82) is 0 Å². The van der Waals surface area contributed by atoms with Gasteiger partial charge in [0.1, 0.15) is 6.04 Å². The highest BCUT2D eigenvalue weighted by molar-refractivity contribution is 6.38. The molecule has 5 N–H and O–H groups in total. The van der Waals surface area contributed by atoms with Crippen molar-refractivity contribution in [3.63, 3.8) is 0 Å². The number of hydrogen-bond donors (Lipinski definition) is 4. The number of hydrogen-bond acceptors (Lipinski definition) is 4. The van der Waals surface area contributed by atoms with Gasteiger partial charge in [0.25, 0.3) is 11.8 Å². The first-order valence-corrected chi connectivity index (χ1v) is 7.92. The summed E-state index contributed by atoms with van der Waals surface area (Å²) in [7, 11) is 0. The van der Waals surface area contributed by atoms with E-state index in [1.165, 1.54) is 6.20 Å². The Hall–Kier alpha value is -3.68. The van der Waals surface area contributed by atoms with Gasteiger partial charge in [0.2, 0.25) is 5.78 Å². The fourth-order valence-corrected chi connectivity index (χ4v) is 2.62. The lowest BCUT2D eigenvalue weighted by Gasteiger charge is -2.16. The fraction of sp³-hybridized carbons (Fsp3) is 0.111. The van der Waals surface area contributed by atoms with Crippen molar-refractivity contribution in [1.82, 2.24) is 20.5 Å². The number of nitrogens with two attached hydrogens (primary N) is 1. The lowest BCUT2D eigenvalue weighted by atomic mass is 10.0. The molecule has 1 aromatic carbocycles. The molecule has 0 saturated heterocycles. The third-order valence-electron chi connectivity index (χ3n) is 3.90. The minimum Gasteiger partial charge on any atom is -0.363 e. The zero-order chi connectivity index (χ0) is 18.5. The monoisotopic (exact) mass is 351 g/mol. The normalized spacial score (nSPS) is 11.7. The Morgan fingerprint density at radius 3 is 2.54 bits per heavy atom. The number of aromatic nitrogens is 3. The van der Waals surface area contributed by atoms with E-state index < -0.39 is 23.6 Å². The van der Waals surface area contributed by atoms with Crippen LogP contribution in [0.1, 0.15) is 15.9 Å². The van der Waals surface area contributed by atoms with Crippen LogP contribution < -0.4 is 11.1 Å². The van der Waals surface area contributed by atoms with Gasteiger partial charge in [-0.2, -0.15) is 5.10 Å². The molecule has 2 amide bonds. The molecule has 3 rings (SSSR count). The fourth-order valence-electron chi connectivity index (χ4n) is 2.62. The van der Waals surface area contributed by atoms with E-state index in [0.717, 1.165) is 5.56 Å². The van der Waals surface area contributed by atoms with Gasteiger partial charge in [-0.3, -0.25) is 19.5 Å². The number of carbonyl (C=O) groups excluding carboxylic acids is 3. The van der Waals surface area contributed by atoms with Crippen LogP contribution in [0.2, 0.25) is 0 Å². The number of ketones is 1. The highest BCUT2D eigenvalue weighted by Crippen LogP contribution is 2.19. The minimum absolute atomic E-state index is 0.157. The number of H-pyrrole nitrogens is 2. The number of aromatic amines is 2. The van der Waals surface area contributed by atoms with Gasteiger partial charge in [-0.05, 0) is 17.7 Å². The zero-order valence-electron chi connectivity index (χ0n) is 13.7. The van der Waals surface area contributed by atoms with Gasteiger partial charge < -0.3 is 16.0 Å². The molecular weight excluding hydrogens is 334 g/mol. The largest absolute Gasteiger partial charge is 0.363 e. The number of nitrogens with zero attached hydrogens (tertiary/aromatic N) is 1. The molecule has 26 heavy (non-hydrogen) atoms. The Balaban J connectivity index is 1.83. The third-order valence-corrected chi connectivity index (χ3v) is 3.90. The second-order valence-electron chi connectivity index (χ2n) is 5.69. The molecule has 0 aliphatic carbocycles. The van der Waals surface area contributed by atoms with E-state index in [4.69, 9.17) is 5.73 Å². The van der Waals surface area contributed by atoms with Crippen LogP contribution in [0, 0.1) is 0 Å². The number of carbonyl (C=O) groups is 3. The van der Waals surface area contributed by atoms with Crippen LogP contribution >= 0.6 is 0 Å². The summed E-state index contributed by atoms with van der Waals surface area (Å²) in [5.74, 6) is -2.48. The SMILES string of the molecule is NC(=O)C(=O)C(Cc1ccccc1)NC(=O)c1cn[nH]c1-c1ccc[nH]1. The van der Waals surface area contributed by atoms with Crippen molar-refractivity contribution in [2.45, 2.75) is 12.5 Å². The van der Waals surface area contributed by atoms with Crippen LogP contribution in [0.4, 0.5) is 0 Å². The van der Waals surface area contributed by atoms with Crippen molar-refractivity contribution in [3.05, 3.63) is 66.0 Å². The van der Waals surface area contributed by atoms with E-state index in [2.05, 4.69) is 20.5 Å². The van der Waals surface area contributed by atoms with Crippen LogP contribution in [-0.4, -0.2) is 38.8 Å². The van der Waals surface area contributed by atoms with Crippen LogP contribution in [0.5, 0.6) is 0 Å². The predicted molar refractivity (Wildman–Crippen MR) is 94.0 cm³/mol. The molecule has 0 spiro atoms. The van der Waals surface area contributed by atoms with E-state index in [1.807, 2.05) is 18.2 Å². The lowest BCUT2D eigenvalue weighted by Crippen LogP contribution is -2.47. The molecule has 0 fully saturated rings. The van der Waals surface area contributed by atoms with Gasteiger partial charge >= 0.3 is 0 Å². The van der Waals surface area contributed by atoms with Gasteiger partial charge in [0.15, 0.2) is 0 Å². The number of amides is 2. The highest BCUT2D eigenvalue weighted by atomic mass is 16.2. The van der Waals surface area contributed by atoms with Crippen LogP contribution in [-0.2, 0) is 16.0 Å². The summed E-state index contributed by atoms with van der Waals surface area (Å²) in [4.78, 5) is 39.1. The molecule has 2 aromatic heterocycles. The van der Waals surface area contributed by atoms with Gasteiger partial charge in [0, 0.05) is 12.6 Å². The zero-order valence-corrected chi connectivity index (χ0v) is 13.7. The first kappa shape index (κ1) is 17.2. The number of primary amides is 1. The molecule has 8 nitrogen and oxygen atoms in total. The van der Waals surface area contributed by atoms with Gasteiger partial charge in [-0.15, -0.1) is 0 Å². The smallest absolute Gasteiger partial charge is 0.287 e. The van der Waals surface area contributed by atoms with Gasteiger partial charge in [-0.25, -0.2) is 0 Å². The second kappa shape index (κ2) is 7.47. The van der Waals surface area contributed by atoms with Crippen LogP contribution in [0.15, 0.2) is 54.9 Å². The van der Waals surface area contributed by atoms with Crippen molar-refractivity contribution < 1.29 is 14.4 Å². The predicted octanol–water partition coefficient (Wildman–Crippen LogP) is 0.800. The van der Waals surface area contributed by atoms with Crippen molar-refractivity contribution in [2.24, 2.45) is 5.73 Å². The molecular formula is C18H17N5O3. The first-order valence-electron chi connectivity index (χ1n) is 7.92. The van der Waals surface area contributed by atoms with Crippen LogP contribution in [0.3, 0.4) is 0 Å². The molecule has 0 saturated carbocycles. The lowest BCUT2D eigenvalue weighted by molar-refractivity contribution is -0.137. The molecule has 0 aliphatic rings. The second-order valence-corrected chi connectivity index (χ2v) is 5.69. The van der Waals surface area contributed by atoms with Crippen molar-refractivity contribution >= 4 is 17.6 Å². The van der Waals surface area contributed by atoms with E-state index in [0.29, 0.717) is 11.4 Å². The first-order chi connectivity index (χ1) is 12.6. The molecule has 1 atom stereocenters. The Bertz CT molecular complexity index is 915. The maximum Gasteiger partial charge on any atom is 0.287 e. The van der Waals surface area contributed by atoms with Gasteiger partial charge in [-0.1, -0.05) is 30.3 Å². The number of Topliss-reactive ketones (excluding diaryl/α,β-unsaturated/α-hetero) is 1. The van der Waals surface area contributed by atoms with Crippen LogP contribution in [0.25, 0.3) is 11.4 Å². The third kappa shape index (κ3) is 3.69. The minimum atomic E-state index is -1.09. The average molecular weight is 351 g/mol. The maximum atomic E-state index is 12.7. The van der Waals surface area contributed by atoms with E-state index in [9.17, 15) is 14.4 Å². The number of nitrogens with one attached hydrogen (secondary N) is 3. The summed E-state index contributed by atoms with van der Waals surface area (Å²) in [5.41, 5.74) is 7.34. The summed E-state index contributed by atoms with van der Waals surface area (Å²) in [6.07, 6.45) is 3.23. The average Bonchev–Trinajstić information content (AvgIpc) is 3.32. The molecule has 3 aromatic rings. The molecule has 8 heteroatoms. The van der Waals surface area contributed by atoms with E-state index in [1.54, 1.807) is 30.5 Å². The van der Waals surface area contributed by atoms with E-state index >= 15 is 0 Å². The Kier molecular flexibility index (Phi) is 4.93. The summed E-state index contributed by atoms with van der Waals surface area (Å²) in [6, 6.07) is 11.6. The Morgan fingerprint density at radius 2 is 1.88 bits per heavy atom. The Labute approximate surface area is 148 Å². The highest BCUT2D eigenvalue weighted by Gasteiger charge is 2.27. The van der Waals surface area contributed by atoms with Gasteiger partial charge in [0.05, 0.1) is 23.1 Å². The summed E-state index contributed by atoms with van der Waals surface area (Å²) < 4.78 is 0. The van der Waals surface area contributed by atoms with Crippen molar-refractivity contribution in [3.8, 4) is 11.4 Å². The topological polar surface area (TPSA) is 134 Å². The summed E-state index contributed by atoms with van der Waals surface area (Å²) in [5, 5.41) is 9.22. The number of rotatable bonds is 7. The molecule has 1 unspecified atom stereocenters. The Morgan fingerprint density at radius 1 is 1.12 bits per heavy atom. The molecule has 0 radical (unpaired) electrons.